The molecule has 0 aromatic carbocycles. The van der Waals surface area contributed by atoms with Crippen LogP contribution in [-0.2, 0) is 0 Å². The Morgan fingerprint density at radius 1 is 1.58 bits per heavy atom. The molecule has 2 rings (SSSR count). The van der Waals surface area contributed by atoms with Gasteiger partial charge in [0.1, 0.15) is 0 Å². The Balaban J connectivity index is 1.78. The first-order valence-corrected chi connectivity index (χ1v) is 5.50. The third-order valence-corrected chi connectivity index (χ3v) is 3.45. The standard InChI is InChI=1S/C12H20/c1-3-4-9(2)7-10-5-6-11-8-12(10)11/h5,9,11-12H,3-4,6-8H2,1-2H3/t9-,11-,12-/m1/s1. The molecule has 0 aromatic heterocycles. The molecule has 0 radical (unpaired) electrons. The van der Waals surface area contributed by atoms with Crippen LogP contribution < -0.4 is 0 Å². The molecule has 12 heavy (non-hydrogen) atoms. The first-order valence-electron chi connectivity index (χ1n) is 5.50. The van der Waals surface area contributed by atoms with Crippen molar-refractivity contribution >= 4 is 0 Å². The maximum absolute atomic E-state index is 2.52. The topological polar surface area (TPSA) is 0 Å². The van der Waals surface area contributed by atoms with Crippen molar-refractivity contribution in [2.45, 2.75) is 46.0 Å². The van der Waals surface area contributed by atoms with Crippen molar-refractivity contribution in [3.05, 3.63) is 11.6 Å². The summed E-state index contributed by atoms with van der Waals surface area (Å²) >= 11 is 0. The molecule has 1 saturated carbocycles. The van der Waals surface area contributed by atoms with Crippen molar-refractivity contribution in [2.75, 3.05) is 0 Å². The molecule has 3 atom stereocenters. The molecule has 0 aromatic rings. The van der Waals surface area contributed by atoms with E-state index in [9.17, 15) is 0 Å². The minimum absolute atomic E-state index is 0.931. The lowest BCUT2D eigenvalue weighted by molar-refractivity contribution is 0.511. The average Bonchev–Trinajstić information content (AvgIpc) is 2.71. The molecule has 0 bridgehead atoms. The highest BCUT2D eigenvalue weighted by Crippen LogP contribution is 2.53. The number of rotatable bonds is 4. The van der Waals surface area contributed by atoms with E-state index in [2.05, 4.69) is 19.9 Å². The van der Waals surface area contributed by atoms with Crippen LogP contribution in [0.15, 0.2) is 11.6 Å². The quantitative estimate of drug-likeness (QED) is 0.555. The molecule has 0 amide bonds. The Labute approximate surface area is 76.1 Å². The number of hydrogen-bond acceptors (Lipinski definition) is 0. The summed E-state index contributed by atoms with van der Waals surface area (Å²) in [5, 5.41) is 0. The van der Waals surface area contributed by atoms with E-state index in [-0.39, 0.29) is 0 Å². The molecule has 0 spiro atoms. The fourth-order valence-electron chi connectivity index (χ4n) is 2.65. The van der Waals surface area contributed by atoms with Crippen LogP contribution in [0, 0.1) is 17.8 Å². The smallest absolute Gasteiger partial charge is 0.0169 e. The third-order valence-electron chi connectivity index (χ3n) is 3.45. The molecule has 2 aliphatic rings. The van der Waals surface area contributed by atoms with Gasteiger partial charge in [0, 0.05) is 0 Å². The molecule has 0 aliphatic heterocycles. The van der Waals surface area contributed by atoms with Gasteiger partial charge >= 0.3 is 0 Å². The predicted molar refractivity (Wildman–Crippen MR) is 53.0 cm³/mol. The molecule has 1 fully saturated rings. The molecular weight excluding hydrogens is 144 g/mol. The van der Waals surface area contributed by atoms with Gasteiger partial charge in [-0.15, -0.1) is 0 Å². The van der Waals surface area contributed by atoms with Gasteiger partial charge in [0.25, 0.3) is 0 Å². The second-order valence-electron chi connectivity index (χ2n) is 4.71. The Morgan fingerprint density at radius 3 is 2.92 bits per heavy atom. The maximum Gasteiger partial charge on any atom is -0.0169 e. The van der Waals surface area contributed by atoms with E-state index in [0.29, 0.717) is 0 Å². The van der Waals surface area contributed by atoms with Crippen LogP contribution in [0.3, 0.4) is 0 Å². The molecule has 0 unspecified atom stereocenters. The second kappa shape index (κ2) is 3.24. The molecule has 0 heterocycles. The van der Waals surface area contributed by atoms with Crippen molar-refractivity contribution < 1.29 is 0 Å². The van der Waals surface area contributed by atoms with Gasteiger partial charge in [-0.05, 0) is 37.0 Å². The Hall–Kier alpha value is -0.260. The number of fused-ring (bicyclic) bond motifs is 1. The fourth-order valence-corrected chi connectivity index (χ4v) is 2.65. The first kappa shape index (κ1) is 8.34. The summed E-state index contributed by atoms with van der Waals surface area (Å²) in [5.41, 5.74) is 1.81. The average molecular weight is 164 g/mol. The molecule has 68 valence electrons. The molecule has 0 N–H and O–H groups in total. The highest BCUT2D eigenvalue weighted by atomic mass is 14.5. The van der Waals surface area contributed by atoms with Gasteiger partial charge in [0.15, 0.2) is 0 Å². The second-order valence-corrected chi connectivity index (χ2v) is 4.71. The third kappa shape index (κ3) is 1.57. The summed E-state index contributed by atoms with van der Waals surface area (Å²) in [4.78, 5) is 0. The van der Waals surface area contributed by atoms with E-state index in [1.807, 2.05) is 0 Å². The van der Waals surface area contributed by atoms with Crippen LogP contribution in [0.1, 0.15) is 46.0 Å². The van der Waals surface area contributed by atoms with Crippen LogP contribution in [0.4, 0.5) is 0 Å². The predicted octanol–water partition coefficient (Wildman–Crippen LogP) is 3.78. The summed E-state index contributed by atoms with van der Waals surface area (Å²) in [6, 6.07) is 0. The number of allylic oxidation sites excluding steroid dienone is 2. The van der Waals surface area contributed by atoms with Gasteiger partial charge < -0.3 is 0 Å². The molecule has 0 heteroatoms. The minimum Gasteiger partial charge on any atom is -0.0847 e. The zero-order valence-electron chi connectivity index (χ0n) is 8.34. The fraction of sp³-hybridized carbons (Fsp3) is 0.833. The molecular formula is C12H20. The Bertz CT molecular complexity index is 190. The summed E-state index contributed by atoms with van der Waals surface area (Å²) < 4.78 is 0. The van der Waals surface area contributed by atoms with E-state index in [4.69, 9.17) is 0 Å². The monoisotopic (exact) mass is 164 g/mol. The SMILES string of the molecule is CCC[C@@H](C)CC1=CC[C@@H]2C[C@H]12. The largest absolute Gasteiger partial charge is 0.0847 e. The molecule has 2 aliphatic carbocycles. The lowest BCUT2D eigenvalue weighted by atomic mass is 9.95. The zero-order valence-corrected chi connectivity index (χ0v) is 8.34. The van der Waals surface area contributed by atoms with E-state index in [1.54, 1.807) is 5.57 Å². The Morgan fingerprint density at radius 2 is 2.42 bits per heavy atom. The van der Waals surface area contributed by atoms with Crippen LogP contribution >= 0.6 is 0 Å². The zero-order chi connectivity index (χ0) is 8.55. The van der Waals surface area contributed by atoms with Gasteiger partial charge in [-0.2, -0.15) is 0 Å². The van der Waals surface area contributed by atoms with Gasteiger partial charge in [-0.25, -0.2) is 0 Å². The highest BCUT2D eigenvalue weighted by Gasteiger charge is 2.42. The van der Waals surface area contributed by atoms with Gasteiger partial charge in [-0.3, -0.25) is 0 Å². The van der Waals surface area contributed by atoms with Crippen LogP contribution in [0.5, 0.6) is 0 Å². The van der Waals surface area contributed by atoms with Crippen molar-refractivity contribution in [1.29, 1.82) is 0 Å². The van der Waals surface area contributed by atoms with Crippen LogP contribution in [0.2, 0.25) is 0 Å². The van der Waals surface area contributed by atoms with Crippen molar-refractivity contribution in [2.24, 2.45) is 17.8 Å². The summed E-state index contributed by atoms with van der Waals surface area (Å²) in [6.07, 6.45) is 9.60. The van der Waals surface area contributed by atoms with E-state index in [0.717, 1.165) is 17.8 Å². The maximum atomic E-state index is 2.52. The van der Waals surface area contributed by atoms with Crippen LogP contribution in [-0.4, -0.2) is 0 Å². The van der Waals surface area contributed by atoms with Gasteiger partial charge in [-0.1, -0.05) is 38.3 Å². The minimum atomic E-state index is 0.931. The lowest BCUT2D eigenvalue weighted by Gasteiger charge is -2.11. The summed E-state index contributed by atoms with van der Waals surface area (Å²) in [7, 11) is 0. The van der Waals surface area contributed by atoms with E-state index in [1.165, 1.54) is 32.1 Å². The summed E-state index contributed by atoms with van der Waals surface area (Å²) in [5.74, 6) is 3.07. The normalized spacial score (nSPS) is 34.3. The highest BCUT2D eigenvalue weighted by molar-refractivity contribution is 5.23. The van der Waals surface area contributed by atoms with Crippen LogP contribution in [0.25, 0.3) is 0 Å². The van der Waals surface area contributed by atoms with Gasteiger partial charge in [0.2, 0.25) is 0 Å². The molecule has 0 nitrogen and oxygen atoms in total. The lowest BCUT2D eigenvalue weighted by Crippen LogP contribution is -1.96. The van der Waals surface area contributed by atoms with Crippen molar-refractivity contribution in [3.8, 4) is 0 Å². The Kier molecular flexibility index (Phi) is 2.25. The first-order chi connectivity index (χ1) is 5.81. The van der Waals surface area contributed by atoms with Crippen molar-refractivity contribution in [1.82, 2.24) is 0 Å². The number of hydrogen-bond donors (Lipinski definition) is 0. The van der Waals surface area contributed by atoms with Gasteiger partial charge in [0.05, 0.1) is 0 Å². The molecule has 0 saturated heterocycles. The summed E-state index contributed by atoms with van der Waals surface area (Å²) in [6.45, 7) is 4.69. The van der Waals surface area contributed by atoms with E-state index < -0.39 is 0 Å². The van der Waals surface area contributed by atoms with Crippen molar-refractivity contribution in [3.63, 3.8) is 0 Å². The van der Waals surface area contributed by atoms with E-state index >= 15 is 0 Å².